The van der Waals surface area contributed by atoms with Crippen molar-refractivity contribution in [3.05, 3.63) is 30.1 Å². The van der Waals surface area contributed by atoms with Crippen LogP contribution in [0.4, 0.5) is 0 Å². The number of hydrogen-bond acceptors (Lipinski definition) is 5. The van der Waals surface area contributed by atoms with E-state index < -0.39 is 27.4 Å². The fourth-order valence-electron chi connectivity index (χ4n) is 1.41. The van der Waals surface area contributed by atoms with Crippen LogP contribution in [0.25, 0.3) is 0 Å². The van der Waals surface area contributed by atoms with Crippen LogP contribution in [0.3, 0.4) is 0 Å². The van der Waals surface area contributed by atoms with Crippen LogP contribution in [0.1, 0.15) is 10.4 Å². The maximum absolute atomic E-state index is 11.5. The van der Waals surface area contributed by atoms with Gasteiger partial charge in [-0.1, -0.05) is 0 Å². The van der Waals surface area contributed by atoms with Gasteiger partial charge in [0.15, 0.2) is 28.8 Å². The van der Waals surface area contributed by atoms with Crippen molar-refractivity contribution in [1.82, 2.24) is 5.43 Å². The number of nitrogens with one attached hydrogen (secondary N) is 1. The predicted octanol–water partition coefficient (Wildman–Crippen LogP) is -2.52. The summed E-state index contributed by atoms with van der Waals surface area (Å²) in [5.74, 6) is 2.71. The summed E-state index contributed by atoms with van der Waals surface area (Å²) in [6.07, 6.45) is 3.06. The van der Waals surface area contributed by atoms with E-state index in [1.54, 1.807) is 12.3 Å². The lowest BCUT2D eigenvalue weighted by Crippen LogP contribution is -2.40. The highest BCUT2D eigenvalue weighted by Gasteiger charge is 2.17. The van der Waals surface area contributed by atoms with E-state index >= 15 is 0 Å². The Morgan fingerprint density at radius 3 is 2.63 bits per heavy atom. The third-order valence-corrected chi connectivity index (χ3v) is 3.80. The Labute approximate surface area is 110 Å². The number of hydrogen-bond donors (Lipinski definition) is 3. The fourth-order valence-corrected chi connectivity index (χ4v) is 2.48. The molecule has 0 bridgehead atoms. The van der Waals surface area contributed by atoms with E-state index in [-0.39, 0.29) is 12.3 Å². The smallest absolute Gasteiger partial charge is 0.271 e. The van der Waals surface area contributed by atoms with E-state index in [1.807, 2.05) is 5.43 Å². The minimum Gasteiger partial charge on any atom is -0.369 e. The van der Waals surface area contributed by atoms with Crippen molar-refractivity contribution < 1.29 is 22.6 Å². The maximum atomic E-state index is 11.5. The number of sulfone groups is 1. The Bertz CT molecular complexity index is 585. The van der Waals surface area contributed by atoms with Gasteiger partial charge in [-0.05, 0) is 6.07 Å². The highest BCUT2D eigenvalue weighted by molar-refractivity contribution is 7.92. The molecule has 0 aromatic carbocycles. The number of nitrogens with two attached hydrogens (primary N) is 2. The number of hydrazine groups is 1. The van der Waals surface area contributed by atoms with Gasteiger partial charge in [0.2, 0.25) is 5.91 Å². The summed E-state index contributed by atoms with van der Waals surface area (Å²) in [6, 6.07) is 3.13. The van der Waals surface area contributed by atoms with Gasteiger partial charge in [0.05, 0.1) is 0 Å². The highest BCUT2D eigenvalue weighted by atomic mass is 32.2. The average Bonchev–Trinajstić information content (AvgIpc) is 2.34. The second kappa shape index (κ2) is 6.25. The SMILES string of the molecule is NNC(=O)c1ccc[n+](CCS(=O)(=O)CC(N)=O)c1. The van der Waals surface area contributed by atoms with Gasteiger partial charge in [-0.15, -0.1) is 0 Å². The molecule has 1 aromatic rings. The van der Waals surface area contributed by atoms with Gasteiger partial charge in [0.25, 0.3) is 5.91 Å². The van der Waals surface area contributed by atoms with Crippen LogP contribution in [0, 0.1) is 0 Å². The summed E-state index contributed by atoms with van der Waals surface area (Å²) in [7, 11) is -3.54. The normalized spacial score (nSPS) is 11.0. The van der Waals surface area contributed by atoms with Crippen molar-refractivity contribution in [2.75, 3.05) is 11.5 Å². The van der Waals surface area contributed by atoms with E-state index in [0.717, 1.165) is 0 Å². The number of carbonyl (C=O) groups excluding carboxylic acids is 2. The minimum atomic E-state index is -3.54. The average molecular weight is 287 g/mol. The lowest BCUT2D eigenvalue weighted by atomic mass is 10.3. The molecule has 0 spiro atoms. The van der Waals surface area contributed by atoms with E-state index in [1.165, 1.54) is 16.8 Å². The number of primary amides is 1. The molecule has 1 heterocycles. The molecule has 8 nitrogen and oxygen atoms in total. The molecule has 0 radical (unpaired) electrons. The molecule has 1 rings (SSSR count). The first-order chi connectivity index (χ1) is 8.84. The first-order valence-electron chi connectivity index (χ1n) is 5.33. The number of amides is 2. The van der Waals surface area contributed by atoms with E-state index in [4.69, 9.17) is 11.6 Å². The van der Waals surface area contributed by atoms with Crippen LogP contribution in [-0.4, -0.2) is 31.7 Å². The Hall–Kier alpha value is -2.00. The molecule has 0 unspecified atom stereocenters. The minimum absolute atomic E-state index is 0.112. The molecule has 0 aliphatic heterocycles. The molecule has 1 aromatic heterocycles. The lowest BCUT2D eigenvalue weighted by molar-refractivity contribution is -0.692. The zero-order valence-corrected chi connectivity index (χ0v) is 10.9. The summed E-state index contributed by atoms with van der Waals surface area (Å²) in [4.78, 5) is 21.9. The molecule has 104 valence electrons. The molecule has 2 amide bonds. The first kappa shape index (κ1) is 15.1. The van der Waals surface area contributed by atoms with E-state index in [9.17, 15) is 18.0 Å². The molecule has 0 aliphatic rings. The molecular weight excluding hydrogens is 272 g/mol. The van der Waals surface area contributed by atoms with Gasteiger partial charge in [-0.25, -0.2) is 18.8 Å². The van der Waals surface area contributed by atoms with Crippen LogP contribution < -0.4 is 21.6 Å². The Kier molecular flexibility index (Phi) is 4.95. The summed E-state index contributed by atoms with van der Waals surface area (Å²) in [5, 5.41) is 0. The second-order valence-corrected chi connectivity index (χ2v) is 6.05. The lowest BCUT2D eigenvalue weighted by Gasteiger charge is -2.01. The van der Waals surface area contributed by atoms with Gasteiger partial charge in [0, 0.05) is 6.07 Å². The molecule has 0 saturated heterocycles. The number of pyridine rings is 1. The molecule has 0 fully saturated rings. The van der Waals surface area contributed by atoms with Crippen molar-refractivity contribution in [2.45, 2.75) is 6.54 Å². The topological polar surface area (TPSA) is 136 Å². The second-order valence-electron chi connectivity index (χ2n) is 3.86. The van der Waals surface area contributed by atoms with Gasteiger partial charge in [0.1, 0.15) is 17.1 Å². The van der Waals surface area contributed by atoms with Crippen LogP contribution >= 0.6 is 0 Å². The summed E-state index contributed by atoms with van der Waals surface area (Å²) in [5.41, 5.74) is 7.12. The van der Waals surface area contributed by atoms with E-state index in [0.29, 0.717) is 5.56 Å². The highest BCUT2D eigenvalue weighted by Crippen LogP contribution is 1.94. The Morgan fingerprint density at radius 2 is 2.05 bits per heavy atom. The number of nitrogens with zero attached hydrogens (tertiary/aromatic N) is 1. The molecule has 0 aliphatic carbocycles. The molecule has 0 atom stereocenters. The molecule has 19 heavy (non-hydrogen) atoms. The number of carbonyl (C=O) groups is 2. The zero-order chi connectivity index (χ0) is 14.5. The number of rotatable bonds is 6. The van der Waals surface area contributed by atoms with Crippen molar-refractivity contribution in [3.63, 3.8) is 0 Å². The standard InChI is InChI=1S/C10H14N4O4S/c11-9(15)7-19(17,18)5-4-14-3-1-2-8(6-14)10(16)13-12/h1-3,6H,4-5,7,12H2,(H2-,11,13,15,16)/p+1. The Balaban J connectivity index is 2.73. The quantitative estimate of drug-likeness (QED) is 0.229. The first-order valence-corrected chi connectivity index (χ1v) is 7.15. The summed E-state index contributed by atoms with van der Waals surface area (Å²) >= 11 is 0. The van der Waals surface area contributed by atoms with Crippen molar-refractivity contribution in [3.8, 4) is 0 Å². The van der Waals surface area contributed by atoms with E-state index in [2.05, 4.69) is 0 Å². The van der Waals surface area contributed by atoms with Gasteiger partial charge < -0.3 is 5.73 Å². The summed E-state index contributed by atoms with van der Waals surface area (Å²) in [6.45, 7) is 0.112. The molecular formula is C10H15N4O4S+. The van der Waals surface area contributed by atoms with Crippen molar-refractivity contribution in [1.29, 1.82) is 0 Å². The number of nitrogen functional groups attached to an aromatic ring is 1. The third kappa shape index (κ3) is 5.02. The molecule has 0 saturated carbocycles. The molecule has 5 N–H and O–H groups in total. The van der Waals surface area contributed by atoms with Gasteiger partial charge in [-0.2, -0.15) is 0 Å². The third-order valence-electron chi connectivity index (χ3n) is 2.27. The maximum Gasteiger partial charge on any atom is 0.271 e. The number of aryl methyl sites for hydroxylation is 1. The van der Waals surface area contributed by atoms with Crippen LogP contribution in [0.2, 0.25) is 0 Å². The zero-order valence-electron chi connectivity index (χ0n) is 10.1. The fraction of sp³-hybridized carbons (Fsp3) is 0.300. The summed E-state index contributed by atoms with van der Waals surface area (Å²) < 4.78 is 24.5. The van der Waals surface area contributed by atoms with Gasteiger partial charge in [-0.3, -0.25) is 15.0 Å². The Morgan fingerprint density at radius 1 is 1.37 bits per heavy atom. The van der Waals surface area contributed by atoms with Crippen molar-refractivity contribution in [2.24, 2.45) is 11.6 Å². The van der Waals surface area contributed by atoms with Crippen LogP contribution in [0.5, 0.6) is 0 Å². The predicted molar refractivity (Wildman–Crippen MR) is 66.1 cm³/mol. The monoisotopic (exact) mass is 287 g/mol. The molecule has 9 heteroatoms. The van der Waals surface area contributed by atoms with Gasteiger partial charge >= 0.3 is 0 Å². The largest absolute Gasteiger partial charge is 0.369 e. The van der Waals surface area contributed by atoms with Crippen LogP contribution in [0.15, 0.2) is 24.5 Å². The van der Waals surface area contributed by atoms with Crippen LogP contribution in [-0.2, 0) is 21.2 Å². The van der Waals surface area contributed by atoms with Crippen molar-refractivity contribution >= 4 is 21.7 Å². The number of aromatic nitrogens is 1.